The number of nitrogens with zero attached hydrogens (tertiary/aromatic N) is 4. The maximum absolute atomic E-state index is 13.4. The fraction of sp³-hybridized carbons (Fsp3) is 0.200. The number of hydrogen-bond acceptors (Lipinski definition) is 5. The highest BCUT2D eigenvalue weighted by atomic mass is 16.5. The van der Waals surface area contributed by atoms with Crippen LogP contribution in [-0.2, 0) is 14.3 Å². The van der Waals surface area contributed by atoms with Gasteiger partial charge in [0.2, 0.25) is 0 Å². The van der Waals surface area contributed by atoms with Gasteiger partial charge >= 0.3 is 6.03 Å². The van der Waals surface area contributed by atoms with Gasteiger partial charge in [0.15, 0.2) is 0 Å². The lowest BCUT2D eigenvalue weighted by Crippen LogP contribution is -2.57. The summed E-state index contributed by atoms with van der Waals surface area (Å²) < 4.78 is 7.09. The molecular weight excluding hydrogens is 420 g/mol. The van der Waals surface area contributed by atoms with E-state index in [0.29, 0.717) is 5.69 Å². The van der Waals surface area contributed by atoms with Crippen LogP contribution in [0, 0.1) is 13.8 Å². The van der Waals surface area contributed by atoms with Gasteiger partial charge in [-0.25, -0.2) is 9.69 Å². The Morgan fingerprint density at radius 3 is 2.30 bits per heavy atom. The number of anilines is 1. The first kappa shape index (κ1) is 22.2. The smallest absolute Gasteiger partial charge is 0.338 e. The van der Waals surface area contributed by atoms with Crippen LogP contribution in [0.2, 0.25) is 0 Å². The van der Waals surface area contributed by atoms with Crippen molar-refractivity contribution in [3.63, 3.8) is 0 Å². The topological polar surface area (TPSA) is 84.7 Å². The number of methoxy groups -OCH3 is 1. The van der Waals surface area contributed by atoms with Crippen LogP contribution in [0.4, 0.5) is 10.5 Å². The first-order chi connectivity index (χ1) is 15.9. The summed E-state index contributed by atoms with van der Waals surface area (Å²) in [4.78, 5) is 45.8. The van der Waals surface area contributed by atoms with Crippen molar-refractivity contribution in [3.05, 3.63) is 83.4 Å². The van der Waals surface area contributed by atoms with E-state index in [2.05, 4.69) is 4.98 Å². The third-order valence-electron chi connectivity index (χ3n) is 5.56. The average Bonchev–Trinajstić information content (AvgIpc) is 3.10. The lowest BCUT2D eigenvalue weighted by Gasteiger charge is -2.33. The number of rotatable bonds is 6. The van der Waals surface area contributed by atoms with Gasteiger partial charge in [0, 0.05) is 36.6 Å². The molecule has 0 N–H and O–H groups in total. The Balaban J connectivity index is 1.81. The summed E-state index contributed by atoms with van der Waals surface area (Å²) in [5.41, 5.74) is 3.76. The molecule has 1 aromatic carbocycles. The fourth-order valence-electron chi connectivity index (χ4n) is 3.94. The van der Waals surface area contributed by atoms with Crippen LogP contribution in [0.15, 0.2) is 66.5 Å². The summed E-state index contributed by atoms with van der Waals surface area (Å²) in [6.45, 7) is 4.07. The Morgan fingerprint density at radius 2 is 1.64 bits per heavy atom. The summed E-state index contributed by atoms with van der Waals surface area (Å²) in [5.74, 6) is -1.29. The van der Waals surface area contributed by atoms with Crippen LogP contribution in [0.3, 0.4) is 0 Å². The minimum atomic E-state index is -0.687. The van der Waals surface area contributed by atoms with E-state index >= 15 is 0 Å². The highest BCUT2D eigenvalue weighted by molar-refractivity contribution is 6.39. The zero-order valence-corrected chi connectivity index (χ0v) is 18.7. The second kappa shape index (κ2) is 9.22. The largest absolute Gasteiger partial charge is 0.383 e. The van der Waals surface area contributed by atoms with E-state index < -0.39 is 17.8 Å². The number of carbonyl (C=O) groups excluding carboxylic acids is 3. The van der Waals surface area contributed by atoms with Gasteiger partial charge in [-0.15, -0.1) is 0 Å². The molecule has 0 bridgehead atoms. The van der Waals surface area contributed by atoms with Crippen LogP contribution in [0.25, 0.3) is 11.8 Å². The molecule has 0 saturated carbocycles. The summed E-state index contributed by atoms with van der Waals surface area (Å²) in [7, 11) is 1.49. The van der Waals surface area contributed by atoms with E-state index in [1.165, 1.54) is 7.11 Å². The molecule has 0 radical (unpaired) electrons. The summed E-state index contributed by atoms with van der Waals surface area (Å²) in [5, 5.41) is 0. The molecule has 8 heteroatoms. The molecule has 3 aromatic rings. The predicted molar refractivity (Wildman–Crippen MR) is 124 cm³/mol. The minimum Gasteiger partial charge on any atom is -0.383 e. The average molecular weight is 444 g/mol. The van der Waals surface area contributed by atoms with Crippen molar-refractivity contribution >= 4 is 29.6 Å². The molecule has 4 amide bonds. The molecule has 1 aliphatic heterocycles. The number of amides is 4. The van der Waals surface area contributed by atoms with Crippen LogP contribution in [-0.4, -0.2) is 52.6 Å². The molecule has 0 spiro atoms. The zero-order chi connectivity index (χ0) is 23.5. The number of barbiturate groups is 1. The van der Waals surface area contributed by atoms with Gasteiger partial charge < -0.3 is 9.30 Å². The van der Waals surface area contributed by atoms with E-state index in [9.17, 15) is 14.4 Å². The van der Waals surface area contributed by atoms with Gasteiger partial charge in [-0.1, -0.05) is 18.2 Å². The third kappa shape index (κ3) is 4.08. The Morgan fingerprint density at radius 1 is 0.939 bits per heavy atom. The summed E-state index contributed by atoms with van der Waals surface area (Å²) in [6.07, 6.45) is 4.97. The lowest BCUT2D eigenvalue weighted by atomic mass is 10.1. The van der Waals surface area contributed by atoms with Crippen LogP contribution < -0.4 is 4.90 Å². The summed E-state index contributed by atoms with van der Waals surface area (Å²) >= 11 is 0. The van der Waals surface area contributed by atoms with Gasteiger partial charge in [0.05, 0.1) is 18.8 Å². The number of imide groups is 2. The number of pyridine rings is 1. The van der Waals surface area contributed by atoms with Crippen LogP contribution in [0.5, 0.6) is 0 Å². The molecule has 168 valence electrons. The van der Waals surface area contributed by atoms with Crippen LogP contribution >= 0.6 is 0 Å². The molecule has 1 saturated heterocycles. The van der Waals surface area contributed by atoms with Gasteiger partial charge in [-0.05, 0) is 55.8 Å². The molecule has 1 fully saturated rings. The van der Waals surface area contributed by atoms with Crippen LogP contribution in [0.1, 0.15) is 17.0 Å². The van der Waals surface area contributed by atoms with Crippen molar-refractivity contribution in [1.82, 2.24) is 14.5 Å². The number of carbonyl (C=O) groups is 3. The number of ether oxygens (including phenoxy) is 1. The van der Waals surface area contributed by atoms with E-state index in [0.717, 1.165) is 32.4 Å². The first-order valence-electron chi connectivity index (χ1n) is 10.5. The standard InChI is InChI=1S/C25H24N4O4/c1-17-15-19(18(2)28(17)21-9-11-26-12-10-21)16-22-23(30)27(13-14-33-3)25(32)29(24(22)31)20-7-5-4-6-8-20/h4-12,15-16H,13-14H2,1-3H3/b22-16-. The van der Waals surface area contributed by atoms with Gasteiger partial charge in [0.1, 0.15) is 5.57 Å². The monoisotopic (exact) mass is 444 g/mol. The van der Waals surface area contributed by atoms with Crippen molar-refractivity contribution < 1.29 is 19.1 Å². The molecular formula is C25H24N4O4. The molecule has 3 heterocycles. The fourth-order valence-corrected chi connectivity index (χ4v) is 3.94. The maximum Gasteiger partial charge on any atom is 0.338 e. The Kier molecular flexibility index (Phi) is 6.19. The van der Waals surface area contributed by atoms with E-state index in [4.69, 9.17) is 4.74 Å². The van der Waals surface area contributed by atoms with E-state index in [-0.39, 0.29) is 18.7 Å². The molecule has 33 heavy (non-hydrogen) atoms. The molecule has 0 aliphatic carbocycles. The first-order valence-corrected chi connectivity index (χ1v) is 10.5. The number of aromatic nitrogens is 2. The number of urea groups is 1. The molecule has 4 rings (SSSR count). The second-order valence-corrected chi connectivity index (χ2v) is 7.63. The third-order valence-corrected chi connectivity index (χ3v) is 5.56. The Hall–Kier alpha value is -4.04. The molecule has 1 aliphatic rings. The lowest BCUT2D eigenvalue weighted by molar-refractivity contribution is -0.129. The van der Waals surface area contributed by atoms with Crippen molar-refractivity contribution in [3.8, 4) is 5.69 Å². The highest BCUT2D eigenvalue weighted by Crippen LogP contribution is 2.28. The molecule has 2 aromatic heterocycles. The SMILES string of the molecule is COCCN1C(=O)/C(=C/c2cc(C)n(-c3ccncc3)c2C)C(=O)N(c2ccccc2)C1=O. The van der Waals surface area contributed by atoms with E-state index in [1.54, 1.807) is 48.8 Å². The van der Waals surface area contributed by atoms with Gasteiger partial charge in [-0.3, -0.25) is 19.5 Å². The van der Waals surface area contributed by atoms with Crippen molar-refractivity contribution in [2.24, 2.45) is 0 Å². The zero-order valence-electron chi connectivity index (χ0n) is 18.7. The highest BCUT2D eigenvalue weighted by Gasteiger charge is 2.42. The number of hydrogen-bond donors (Lipinski definition) is 0. The molecule has 0 unspecified atom stereocenters. The maximum atomic E-state index is 13.4. The quantitative estimate of drug-likeness (QED) is 0.429. The number of aryl methyl sites for hydroxylation is 1. The van der Waals surface area contributed by atoms with E-state index in [1.807, 2.05) is 36.6 Å². The minimum absolute atomic E-state index is 0.0398. The Labute approximate surface area is 191 Å². The van der Waals surface area contributed by atoms with Crippen molar-refractivity contribution in [1.29, 1.82) is 0 Å². The summed E-state index contributed by atoms with van der Waals surface area (Å²) in [6, 6.07) is 13.6. The predicted octanol–water partition coefficient (Wildman–Crippen LogP) is 3.51. The number of para-hydroxylation sites is 1. The molecule has 0 atom stereocenters. The van der Waals surface area contributed by atoms with Crippen molar-refractivity contribution in [2.45, 2.75) is 13.8 Å². The van der Waals surface area contributed by atoms with Crippen molar-refractivity contribution in [2.75, 3.05) is 25.2 Å². The normalized spacial score (nSPS) is 15.6. The second-order valence-electron chi connectivity index (χ2n) is 7.63. The van der Waals surface area contributed by atoms with Gasteiger partial charge in [0.25, 0.3) is 11.8 Å². The molecule has 8 nitrogen and oxygen atoms in total. The number of benzene rings is 1. The van der Waals surface area contributed by atoms with Gasteiger partial charge in [-0.2, -0.15) is 0 Å². The Bertz CT molecular complexity index is 1230.